The summed E-state index contributed by atoms with van der Waals surface area (Å²) < 4.78 is 9.37. The molecule has 7 heteroatoms. The number of aryl methyl sites for hydroxylation is 1. The number of aliphatic hydroxyl groups is 1. The lowest BCUT2D eigenvalue weighted by Crippen LogP contribution is -2.50. The van der Waals surface area contributed by atoms with Crippen molar-refractivity contribution in [2.75, 3.05) is 26.8 Å². The maximum Gasteiger partial charge on any atom is 0.250 e. The van der Waals surface area contributed by atoms with Crippen molar-refractivity contribution in [3.05, 3.63) is 57.3 Å². The number of fused-ring (bicyclic) bond motifs is 1. The third-order valence-corrected chi connectivity index (χ3v) is 8.20. The number of hydrogen-bond acceptors (Lipinski definition) is 5. The molecule has 0 aromatic carbocycles. The first kappa shape index (κ1) is 23.8. The van der Waals surface area contributed by atoms with Gasteiger partial charge in [-0.05, 0) is 80.2 Å². The molecule has 2 aromatic rings. The zero-order chi connectivity index (χ0) is 23.7. The van der Waals surface area contributed by atoms with Gasteiger partial charge in [-0.1, -0.05) is 0 Å². The second-order valence-corrected chi connectivity index (χ2v) is 10.5. The summed E-state index contributed by atoms with van der Waals surface area (Å²) in [4.78, 5) is 14.7. The molecule has 0 radical (unpaired) electrons. The lowest BCUT2D eigenvalue weighted by molar-refractivity contribution is -0.0631. The molecule has 2 aromatic heterocycles. The van der Waals surface area contributed by atoms with E-state index in [0.29, 0.717) is 6.04 Å². The Hall–Kier alpha value is -1.93. The van der Waals surface area contributed by atoms with Crippen molar-refractivity contribution in [3.63, 3.8) is 0 Å². The summed E-state index contributed by atoms with van der Waals surface area (Å²) in [6.45, 7) is 4.11. The molecule has 3 aliphatic rings. The summed E-state index contributed by atoms with van der Waals surface area (Å²) in [7, 11) is 3.55. The Morgan fingerprint density at radius 2 is 2.09 bits per heavy atom. The van der Waals surface area contributed by atoms with Crippen molar-refractivity contribution in [2.24, 2.45) is 13.0 Å². The molecule has 1 saturated heterocycles. The monoisotopic (exact) mass is 468 g/mol. The normalized spacial score (nSPS) is 23.8. The molecule has 3 atom stereocenters. The van der Waals surface area contributed by atoms with Crippen LogP contribution >= 0.6 is 0 Å². The first-order chi connectivity index (χ1) is 16.6. The highest BCUT2D eigenvalue weighted by Crippen LogP contribution is 2.39. The Morgan fingerprint density at radius 1 is 1.26 bits per heavy atom. The third kappa shape index (κ3) is 4.89. The Balaban J connectivity index is 1.40. The molecule has 186 valence electrons. The summed E-state index contributed by atoms with van der Waals surface area (Å²) in [5.74, 6) is 0.250. The number of hydrogen-bond donors (Lipinski definition) is 2. The molecule has 2 N–H and O–H groups in total. The van der Waals surface area contributed by atoms with E-state index in [0.717, 1.165) is 70.5 Å². The first-order valence-electron chi connectivity index (χ1n) is 13.1. The highest BCUT2D eigenvalue weighted by Gasteiger charge is 2.41. The first-order valence-corrected chi connectivity index (χ1v) is 13.1. The topological polar surface area (TPSA) is 71.7 Å². The van der Waals surface area contributed by atoms with Gasteiger partial charge in [-0.25, -0.2) is 0 Å². The number of nitrogens with zero attached hydrogens (tertiary/aromatic N) is 3. The van der Waals surface area contributed by atoms with E-state index < -0.39 is 6.23 Å². The number of methoxy groups -OCH3 is 1. The van der Waals surface area contributed by atoms with Crippen LogP contribution in [0.3, 0.4) is 0 Å². The number of aliphatic hydroxyl groups excluding tert-OH is 1. The van der Waals surface area contributed by atoms with Gasteiger partial charge in [0.25, 0.3) is 5.56 Å². The van der Waals surface area contributed by atoms with Crippen LogP contribution in [0.25, 0.3) is 0 Å². The number of aromatic nitrogens is 2. The van der Waals surface area contributed by atoms with Crippen LogP contribution in [0.4, 0.5) is 0 Å². The van der Waals surface area contributed by atoms with Gasteiger partial charge in [-0.3, -0.25) is 9.69 Å². The molecule has 7 nitrogen and oxygen atoms in total. The Labute approximate surface area is 202 Å². The fourth-order valence-corrected chi connectivity index (χ4v) is 6.11. The van der Waals surface area contributed by atoms with Crippen molar-refractivity contribution in [1.29, 1.82) is 0 Å². The maximum atomic E-state index is 12.3. The van der Waals surface area contributed by atoms with Crippen LogP contribution < -0.4 is 10.9 Å². The molecular formula is C27H40N4O3. The number of piperidine rings is 1. The van der Waals surface area contributed by atoms with Crippen molar-refractivity contribution < 1.29 is 9.84 Å². The van der Waals surface area contributed by atoms with Crippen molar-refractivity contribution in [3.8, 4) is 0 Å². The zero-order valence-electron chi connectivity index (χ0n) is 20.7. The summed E-state index contributed by atoms with van der Waals surface area (Å²) in [6.07, 6.45) is 11.7. The molecule has 1 saturated carbocycles. The van der Waals surface area contributed by atoms with Crippen molar-refractivity contribution in [2.45, 2.75) is 76.2 Å². The number of nitrogens with one attached hydrogen (secondary N) is 1. The molecule has 0 spiro atoms. The van der Waals surface area contributed by atoms with E-state index >= 15 is 0 Å². The highest BCUT2D eigenvalue weighted by molar-refractivity contribution is 5.35. The molecule has 2 aliphatic carbocycles. The van der Waals surface area contributed by atoms with Crippen LogP contribution in [0.5, 0.6) is 0 Å². The minimum Gasteiger partial charge on any atom is -0.383 e. The molecule has 2 fully saturated rings. The van der Waals surface area contributed by atoms with E-state index in [2.05, 4.69) is 27.0 Å². The average Bonchev–Trinajstić information content (AvgIpc) is 3.65. The molecule has 0 bridgehead atoms. The van der Waals surface area contributed by atoms with E-state index in [9.17, 15) is 9.90 Å². The van der Waals surface area contributed by atoms with Crippen LogP contribution in [0.2, 0.25) is 0 Å². The van der Waals surface area contributed by atoms with Gasteiger partial charge in [-0.2, -0.15) is 0 Å². The van der Waals surface area contributed by atoms with E-state index in [1.54, 1.807) is 24.8 Å². The van der Waals surface area contributed by atoms with Gasteiger partial charge < -0.3 is 24.3 Å². The second kappa shape index (κ2) is 10.4. The van der Waals surface area contributed by atoms with Gasteiger partial charge in [-0.15, -0.1) is 0 Å². The second-order valence-electron chi connectivity index (χ2n) is 10.5. The fraction of sp³-hybridized carbons (Fsp3) is 0.667. The summed E-state index contributed by atoms with van der Waals surface area (Å²) in [5, 5.41) is 15.3. The summed E-state index contributed by atoms with van der Waals surface area (Å²) >= 11 is 0. The quantitative estimate of drug-likeness (QED) is 0.553. The smallest absolute Gasteiger partial charge is 0.250 e. The zero-order valence-corrected chi connectivity index (χ0v) is 20.7. The predicted octanol–water partition coefficient (Wildman–Crippen LogP) is 2.39. The standard InChI is InChI=1S/C27H40N4O3/c1-29-12-10-19(15-26(29)32)22-9-11-28-16-24(22)27(33)31(21-7-8-21)18-20-17-30(13-14-34-2)25-6-4-3-5-23(20)25/h10,12,15,17,21-22,24,27-28,33H,3-9,11,13-14,16,18H2,1-2H3/t22-,24+,27?/m1/s1. The predicted molar refractivity (Wildman–Crippen MR) is 133 cm³/mol. The van der Waals surface area contributed by atoms with Crippen molar-refractivity contribution in [1.82, 2.24) is 19.4 Å². The fourth-order valence-electron chi connectivity index (χ4n) is 6.11. The third-order valence-electron chi connectivity index (χ3n) is 8.20. The molecule has 3 heterocycles. The van der Waals surface area contributed by atoms with Gasteiger partial charge >= 0.3 is 0 Å². The maximum absolute atomic E-state index is 12.3. The SMILES string of the molecule is COCCn1cc(CN(C2CC2)C(O)[C@H]2CNCC[C@@H]2c2ccn(C)c(=O)c2)c2c1CCCC2. The van der Waals surface area contributed by atoms with E-state index in [1.165, 1.54) is 29.7 Å². The molecule has 0 amide bonds. The Morgan fingerprint density at radius 3 is 2.85 bits per heavy atom. The molecule has 1 aliphatic heterocycles. The van der Waals surface area contributed by atoms with Gasteiger partial charge in [0.15, 0.2) is 0 Å². The van der Waals surface area contributed by atoms with E-state index in [1.807, 2.05) is 6.20 Å². The van der Waals surface area contributed by atoms with Crippen LogP contribution in [-0.4, -0.2) is 58.2 Å². The van der Waals surface area contributed by atoms with E-state index in [-0.39, 0.29) is 17.4 Å². The van der Waals surface area contributed by atoms with Crippen LogP contribution in [0.15, 0.2) is 29.3 Å². The van der Waals surface area contributed by atoms with Crippen molar-refractivity contribution >= 4 is 0 Å². The lowest BCUT2D eigenvalue weighted by Gasteiger charge is -2.40. The van der Waals surface area contributed by atoms with Gasteiger partial charge in [0.05, 0.1) is 6.61 Å². The average molecular weight is 469 g/mol. The van der Waals surface area contributed by atoms with Gasteiger partial charge in [0.1, 0.15) is 6.23 Å². The molecule has 1 unspecified atom stereocenters. The van der Waals surface area contributed by atoms with Crippen LogP contribution in [0.1, 0.15) is 60.4 Å². The Bertz CT molecular complexity index is 1040. The minimum atomic E-state index is -0.532. The highest BCUT2D eigenvalue weighted by atomic mass is 16.5. The number of rotatable bonds is 9. The molecule has 5 rings (SSSR count). The van der Waals surface area contributed by atoms with Crippen LogP contribution in [0, 0.1) is 5.92 Å². The van der Waals surface area contributed by atoms with Gasteiger partial charge in [0, 0.05) is 69.9 Å². The summed E-state index contributed by atoms with van der Waals surface area (Å²) in [5.41, 5.74) is 5.44. The minimum absolute atomic E-state index is 0.0207. The molecular weight excluding hydrogens is 428 g/mol. The van der Waals surface area contributed by atoms with Crippen LogP contribution in [-0.2, 0) is 37.7 Å². The summed E-state index contributed by atoms with van der Waals surface area (Å²) in [6, 6.07) is 4.27. The Kier molecular flexibility index (Phi) is 7.25. The number of pyridine rings is 1. The lowest BCUT2D eigenvalue weighted by atomic mass is 9.80. The number of ether oxygens (including phenoxy) is 1. The molecule has 34 heavy (non-hydrogen) atoms. The van der Waals surface area contributed by atoms with Gasteiger partial charge in [0.2, 0.25) is 0 Å². The largest absolute Gasteiger partial charge is 0.383 e. The van der Waals surface area contributed by atoms with E-state index in [4.69, 9.17) is 4.74 Å².